The Kier molecular flexibility index (Phi) is 6.53. The fraction of sp³-hybridized carbons (Fsp3) is 0.0952. The van der Waals surface area contributed by atoms with Crippen LogP contribution in [0.2, 0.25) is 0 Å². The van der Waals surface area contributed by atoms with Gasteiger partial charge in [-0.15, -0.1) is 0 Å². The number of carbonyl (C=O) groups excluding carboxylic acids is 1. The predicted octanol–water partition coefficient (Wildman–Crippen LogP) is 3.44. The summed E-state index contributed by atoms with van der Waals surface area (Å²) >= 11 is 0. The van der Waals surface area contributed by atoms with Gasteiger partial charge in [-0.3, -0.25) is 4.79 Å². The molecule has 0 radical (unpaired) electrons. The first-order valence-electron chi connectivity index (χ1n) is 8.93. The first-order valence-corrected chi connectivity index (χ1v) is 11.2. The Bertz CT molecular complexity index is 1200. The van der Waals surface area contributed by atoms with Gasteiger partial charge in [0.2, 0.25) is 21.8 Å². The largest absolute Gasteiger partial charge is 0.298 e. The van der Waals surface area contributed by atoms with E-state index in [1.807, 2.05) is 13.8 Å². The lowest BCUT2D eigenvalue weighted by molar-refractivity contribution is 0.112. The summed E-state index contributed by atoms with van der Waals surface area (Å²) in [7, 11) is -6.34. The van der Waals surface area contributed by atoms with Crippen LogP contribution >= 0.6 is 0 Å². The van der Waals surface area contributed by atoms with Gasteiger partial charge < -0.3 is 0 Å². The monoisotopic (exact) mass is 444 g/mol. The summed E-state index contributed by atoms with van der Waals surface area (Å²) in [5.74, 6) is 0. The molecule has 0 spiro atoms. The number of benzene rings is 3. The number of aryl methyl sites for hydroxylation is 2. The molecule has 0 aromatic heterocycles. The Labute approximate surface area is 178 Å². The van der Waals surface area contributed by atoms with Crippen LogP contribution < -0.4 is 8.61 Å². The molecule has 30 heavy (non-hydrogen) atoms. The fourth-order valence-electron chi connectivity index (χ4n) is 2.98. The number of carbonyl (C=O) groups is 1. The molecule has 3 aromatic rings. The molecule has 0 unspecified atom stereocenters. The molecule has 0 atom stereocenters. The maximum Gasteiger partial charge on any atom is 0.229 e. The summed E-state index contributed by atoms with van der Waals surface area (Å²) in [6.07, 6.45) is 0.575. The summed E-state index contributed by atoms with van der Waals surface area (Å²) in [5.41, 5.74) is 2.94. The molecule has 0 fully saturated rings. The second-order valence-electron chi connectivity index (χ2n) is 6.64. The van der Waals surface area contributed by atoms with Gasteiger partial charge in [-0.2, -0.15) is 0 Å². The Hall–Kier alpha value is -3.17. The number of aldehydes is 1. The number of nitrogens with zero attached hydrogens (tertiary/aromatic N) is 2. The van der Waals surface area contributed by atoms with Crippen LogP contribution in [0.5, 0.6) is 0 Å². The van der Waals surface area contributed by atoms with Crippen LogP contribution in [0.4, 0.5) is 22.7 Å². The lowest BCUT2D eigenvalue weighted by Gasteiger charge is -2.26. The predicted molar refractivity (Wildman–Crippen MR) is 119 cm³/mol. The first-order chi connectivity index (χ1) is 14.3. The van der Waals surface area contributed by atoms with Crippen LogP contribution in [-0.4, -0.2) is 23.1 Å². The van der Waals surface area contributed by atoms with Crippen molar-refractivity contribution < 1.29 is 21.6 Å². The molecule has 0 saturated heterocycles. The third kappa shape index (κ3) is 4.52. The Morgan fingerprint density at radius 1 is 0.633 bits per heavy atom. The lowest BCUT2D eigenvalue weighted by Crippen LogP contribution is -2.21. The van der Waals surface area contributed by atoms with E-state index < -0.39 is 21.8 Å². The summed E-state index contributed by atoms with van der Waals surface area (Å²) < 4.78 is 50.8. The highest BCUT2D eigenvalue weighted by Crippen LogP contribution is 2.39. The molecule has 0 aliphatic rings. The Balaban J connectivity index is 2.28. The van der Waals surface area contributed by atoms with Gasteiger partial charge in [-0.05, 0) is 56.3 Å². The summed E-state index contributed by atoms with van der Waals surface area (Å²) in [4.78, 5) is 11.4. The molecule has 3 aromatic carbocycles. The maximum absolute atomic E-state index is 12.2. The minimum atomic E-state index is -3.18. The molecule has 0 heterocycles. The van der Waals surface area contributed by atoms with E-state index in [2.05, 4.69) is 0 Å². The van der Waals surface area contributed by atoms with E-state index in [-0.39, 0.29) is 16.9 Å². The summed E-state index contributed by atoms with van der Waals surface area (Å²) in [6.45, 7) is 3.74. The zero-order chi connectivity index (χ0) is 21.8. The van der Waals surface area contributed by atoms with Gasteiger partial charge in [0.05, 0.1) is 22.7 Å². The topological polar surface area (TPSA) is 91.8 Å². The van der Waals surface area contributed by atoms with Gasteiger partial charge >= 0.3 is 0 Å². The fourth-order valence-corrected chi connectivity index (χ4v) is 4.30. The van der Waals surface area contributed by atoms with E-state index in [4.69, 9.17) is 0 Å². The Morgan fingerprint density at radius 2 is 1.07 bits per heavy atom. The molecular weight excluding hydrogens is 424 g/mol. The van der Waals surface area contributed by atoms with Crippen molar-refractivity contribution >= 4 is 50.8 Å². The molecule has 0 aliphatic heterocycles. The normalized spacial score (nSPS) is 10.9. The van der Waals surface area contributed by atoms with Crippen molar-refractivity contribution in [2.75, 3.05) is 8.61 Å². The molecule has 0 N–H and O–H groups in total. The van der Waals surface area contributed by atoms with Crippen molar-refractivity contribution in [1.82, 2.24) is 0 Å². The van der Waals surface area contributed by atoms with Crippen LogP contribution in [0.1, 0.15) is 21.5 Å². The van der Waals surface area contributed by atoms with E-state index >= 15 is 0 Å². The molecule has 156 valence electrons. The summed E-state index contributed by atoms with van der Waals surface area (Å²) in [5, 5.41) is 0. The minimum Gasteiger partial charge on any atom is -0.298 e. The quantitative estimate of drug-likeness (QED) is 0.430. The van der Waals surface area contributed by atoms with Crippen molar-refractivity contribution in [2.24, 2.45) is 0 Å². The van der Waals surface area contributed by atoms with Crippen LogP contribution in [0.3, 0.4) is 0 Å². The minimum absolute atomic E-state index is 0.0549. The van der Waals surface area contributed by atoms with Crippen LogP contribution in [-0.2, 0) is 21.8 Å². The number of hydrogen-bond donors (Lipinski definition) is 2. The molecular formula is C21H20N2O5S2. The van der Waals surface area contributed by atoms with E-state index in [0.29, 0.717) is 17.7 Å². The van der Waals surface area contributed by atoms with E-state index in [9.17, 15) is 21.6 Å². The highest BCUT2D eigenvalue weighted by molar-refractivity contribution is 7.75. The van der Waals surface area contributed by atoms with Crippen LogP contribution in [0.25, 0.3) is 0 Å². The first kappa shape index (κ1) is 21.5. The number of thiol groups is 2. The van der Waals surface area contributed by atoms with Crippen LogP contribution in [0.15, 0.2) is 66.7 Å². The average molecular weight is 445 g/mol. The standard InChI is InChI=1S/C21H20N2O5S2/c1-15-3-8-18(9-4-15)22(29(25)26)20-12-7-17(14-24)13-21(20)23(30(27)28)19-10-5-16(2)6-11-19/h3-14,29-30H,1-2H3. The van der Waals surface area contributed by atoms with E-state index in [1.54, 1.807) is 48.5 Å². The van der Waals surface area contributed by atoms with Gasteiger partial charge in [0.1, 0.15) is 6.29 Å². The Morgan fingerprint density at radius 3 is 1.47 bits per heavy atom. The number of anilines is 4. The van der Waals surface area contributed by atoms with Crippen molar-refractivity contribution in [3.05, 3.63) is 83.4 Å². The lowest BCUT2D eigenvalue weighted by atomic mass is 10.1. The third-order valence-electron chi connectivity index (χ3n) is 4.48. The van der Waals surface area contributed by atoms with E-state index in [0.717, 1.165) is 19.7 Å². The van der Waals surface area contributed by atoms with E-state index in [1.165, 1.54) is 18.2 Å². The SMILES string of the molecule is Cc1ccc(N(c2ccc(C=O)cc2N(c2ccc(C)cc2)[SH](=O)=O)[SH](=O)=O)cc1. The second kappa shape index (κ2) is 9.10. The molecule has 0 bridgehead atoms. The molecule has 7 nitrogen and oxygen atoms in total. The van der Waals surface area contributed by atoms with Gasteiger partial charge in [0.15, 0.2) is 0 Å². The molecule has 3 rings (SSSR count). The highest BCUT2D eigenvalue weighted by Gasteiger charge is 2.23. The highest BCUT2D eigenvalue weighted by atomic mass is 32.2. The maximum atomic E-state index is 12.2. The van der Waals surface area contributed by atoms with Crippen molar-refractivity contribution in [1.29, 1.82) is 0 Å². The van der Waals surface area contributed by atoms with Gasteiger partial charge in [-0.25, -0.2) is 25.4 Å². The van der Waals surface area contributed by atoms with Crippen LogP contribution in [0, 0.1) is 13.8 Å². The van der Waals surface area contributed by atoms with Crippen molar-refractivity contribution in [3.8, 4) is 0 Å². The zero-order valence-corrected chi connectivity index (χ0v) is 18.0. The van der Waals surface area contributed by atoms with Crippen molar-refractivity contribution in [3.63, 3.8) is 0 Å². The molecule has 0 aliphatic carbocycles. The van der Waals surface area contributed by atoms with Gasteiger partial charge in [0.25, 0.3) is 0 Å². The third-order valence-corrected chi connectivity index (χ3v) is 6.02. The smallest absolute Gasteiger partial charge is 0.229 e. The average Bonchev–Trinajstić information content (AvgIpc) is 2.71. The number of rotatable bonds is 7. The van der Waals surface area contributed by atoms with Gasteiger partial charge in [-0.1, -0.05) is 35.4 Å². The zero-order valence-electron chi connectivity index (χ0n) is 16.3. The van der Waals surface area contributed by atoms with Crippen molar-refractivity contribution in [2.45, 2.75) is 13.8 Å². The van der Waals surface area contributed by atoms with Gasteiger partial charge in [0, 0.05) is 5.56 Å². The number of hydrogen-bond acceptors (Lipinski definition) is 5. The second-order valence-corrected chi connectivity index (χ2v) is 8.39. The molecule has 9 heteroatoms. The summed E-state index contributed by atoms with van der Waals surface area (Å²) in [6, 6.07) is 17.7. The molecule has 0 saturated carbocycles. The molecule has 0 amide bonds.